The van der Waals surface area contributed by atoms with Gasteiger partial charge in [-0.3, -0.25) is 14.5 Å². The number of aromatic amines is 1. The average Bonchev–Trinajstić information content (AvgIpc) is 2.62. The number of rotatable bonds is 6. The molecule has 8 nitrogen and oxygen atoms in total. The van der Waals surface area contributed by atoms with E-state index in [4.69, 9.17) is 0 Å². The predicted octanol–water partition coefficient (Wildman–Crippen LogP) is 2.75. The number of nitrogens with zero attached hydrogens (tertiary/aromatic N) is 2. The molecule has 1 heterocycles. The van der Waals surface area contributed by atoms with Gasteiger partial charge >= 0.3 is 0 Å². The lowest BCUT2D eigenvalue weighted by Crippen LogP contribution is -2.34. The van der Waals surface area contributed by atoms with Gasteiger partial charge in [0, 0.05) is 25.2 Å². The average molecular weight is 400 g/mol. The Morgan fingerprint density at radius 2 is 1.93 bits per heavy atom. The Balaban J connectivity index is 2.49. The molecule has 2 rings (SSSR count). The fraction of sp³-hybridized carbons (Fsp3) is 0.429. The number of anilines is 4. The summed E-state index contributed by atoms with van der Waals surface area (Å²) in [4.78, 5) is 33.5. The van der Waals surface area contributed by atoms with E-state index < -0.39 is 0 Å². The highest BCUT2D eigenvalue weighted by atomic mass is 16.2. The molecule has 0 aliphatic rings. The molecule has 0 atom stereocenters. The normalized spacial score (nSPS) is 11.0. The van der Waals surface area contributed by atoms with Gasteiger partial charge in [-0.05, 0) is 30.0 Å². The minimum absolute atomic E-state index is 0.0609. The standard InChI is InChI=1S/C21H30N6O2/c1-13-8-9-15(20(29)22-6)10-16(13)26-18-17(25-14(2)28)19(24-12-23-18)27(7)11-21(3,4)5/h8-10,12H,11H2,1-7H3,(H,22,29)(H,25,28)(H,23,24,26)/p+1. The maximum absolute atomic E-state index is 12.0. The van der Waals surface area contributed by atoms with Gasteiger partial charge in [0.2, 0.25) is 18.1 Å². The van der Waals surface area contributed by atoms with E-state index in [2.05, 4.69) is 46.7 Å². The maximum atomic E-state index is 12.0. The van der Waals surface area contributed by atoms with E-state index in [1.807, 2.05) is 24.9 Å². The topological polar surface area (TPSA) is 100 Å². The number of nitrogens with one attached hydrogen (secondary N) is 4. The van der Waals surface area contributed by atoms with Crippen LogP contribution in [0.15, 0.2) is 24.5 Å². The molecule has 1 aromatic carbocycles. The third-order valence-corrected chi connectivity index (χ3v) is 4.24. The fourth-order valence-corrected chi connectivity index (χ4v) is 3.06. The number of hydrogen-bond donors (Lipinski definition) is 3. The predicted molar refractivity (Wildman–Crippen MR) is 116 cm³/mol. The number of amides is 2. The lowest BCUT2D eigenvalue weighted by molar-refractivity contribution is -0.367. The summed E-state index contributed by atoms with van der Waals surface area (Å²) < 4.78 is 0. The van der Waals surface area contributed by atoms with Gasteiger partial charge in [0.15, 0.2) is 5.69 Å². The van der Waals surface area contributed by atoms with Gasteiger partial charge in [0.1, 0.15) is 0 Å². The molecule has 0 bridgehead atoms. The van der Waals surface area contributed by atoms with Crippen molar-refractivity contribution in [1.82, 2.24) is 10.3 Å². The zero-order valence-corrected chi connectivity index (χ0v) is 18.2. The number of carbonyl (C=O) groups is 2. The second kappa shape index (κ2) is 8.89. The molecular weight excluding hydrogens is 368 g/mol. The molecule has 29 heavy (non-hydrogen) atoms. The molecule has 0 saturated heterocycles. The Morgan fingerprint density at radius 1 is 1.24 bits per heavy atom. The summed E-state index contributed by atoms with van der Waals surface area (Å²) in [6, 6.07) is 5.40. The lowest BCUT2D eigenvalue weighted by atomic mass is 9.96. The van der Waals surface area contributed by atoms with Crippen LogP contribution in [0.25, 0.3) is 0 Å². The molecule has 1 aromatic heterocycles. The Bertz CT molecular complexity index is 905. The lowest BCUT2D eigenvalue weighted by Gasteiger charge is -2.25. The van der Waals surface area contributed by atoms with E-state index in [-0.39, 0.29) is 17.2 Å². The number of aryl methyl sites for hydroxylation is 1. The van der Waals surface area contributed by atoms with Crippen LogP contribution in [0.1, 0.15) is 43.6 Å². The summed E-state index contributed by atoms with van der Waals surface area (Å²) in [5.74, 6) is 0.866. The van der Waals surface area contributed by atoms with Crippen LogP contribution in [-0.2, 0) is 4.79 Å². The molecule has 0 aliphatic carbocycles. The van der Waals surface area contributed by atoms with Crippen molar-refractivity contribution in [2.75, 3.05) is 36.2 Å². The fourth-order valence-electron chi connectivity index (χ4n) is 3.06. The van der Waals surface area contributed by atoms with E-state index >= 15 is 0 Å². The van der Waals surface area contributed by atoms with Crippen molar-refractivity contribution in [1.29, 1.82) is 0 Å². The van der Waals surface area contributed by atoms with Gasteiger partial charge in [0.25, 0.3) is 11.7 Å². The van der Waals surface area contributed by atoms with Crippen molar-refractivity contribution in [3.8, 4) is 0 Å². The second-order valence-corrected chi connectivity index (χ2v) is 8.31. The molecule has 4 N–H and O–H groups in total. The van der Waals surface area contributed by atoms with E-state index in [0.29, 0.717) is 17.1 Å². The molecule has 0 fully saturated rings. The Kier molecular flexibility index (Phi) is 6.79. The third-order valence-electron chi connectivity index (χ3n) is 4.24. The molecule has 2 amide bonds. The summed E-state index contributed by atoms with van der Waals surface area (Å²) in [6.45, 7) is 10.6. The van der Waals surface area contributed by atoms with Crippen LogP contribution in [0, 0.1) is 12.3 Å². The Morgan fingerprint density at radius 3 is 2.52 bits per heavy atom. The molecule has 2 aromatic rings. The molecule has 0 radical (unpaired) electrons. The molecule has 0 unspecified atom stereocenters. The van der Waals surface area contributed by atoms with E-state index in [9.17, 15) is 9.59 Å². The Labute approximate surface area is 172 Å². The van der Waals surface area contributed by atoms with Gasteiger partial charge in [-0.25, -0.2) is 4.98 Å². The van der Waals surface area contributed by atoms with E-state index in [0.717, 1.165) is 23.6 Å². The largest absolute Gasteiger partial charge is 0.355 e. The highest BCUT2D eigenvalue weighted by molar-refractivity contribution is 5.97. The zero-order chi connectivity index (χ0) is 21.8. The molecule has 0 spiro atoms. The highest BCUT2D eigenvalue weighted by Gasteiger charge is 2.25. The number of benzene rings is 1. The first-order valence-corrected chi connectivity index (χ1v) is 9.51. The van der Waals surface area contributed by atoms with Crippen LogP contribution in [0.5, 0.6) is 0 Å². The molecule has 156 valence electrons. The minimum atomic E-state index is -0.198. The summed E-state index contributed by atoms with van der Waals surface area (Å²) in [5, 5.41) is 8.78. The van der Waals surface area contributed by atoms with Gasteiger partial charge in [-0.1, -0.05) is 31.8 Å². The number of carbonyl (C=O) groups excluding carboxylic acids is 2. The smallest absolute Gasteiger partial charge is 0.251 e. The first kappa shape index (κ1) is 22.1. The number of H-pyrrole nitrogens is 1. The van der Waals surface area contributed by atoms with Crippen LogP contribution < -0.4 is 25.8 Å². The molecule has 0 aliphatic heterocycles. The van der Waals surface area contributed by atoms with Crippen LogP contribution in [0.3, 0.4) is 0 Å². The van der Waals surface area contributed by atoms with Crippen molar-refractivity contribution >= 4 is 34.8 Å². The monoisotopic (exact) mass is 399 g/mol. The van der Waals surface area contributed by atoms with Crippen molar-refractivity contribution in [3.63, 3.8) is 0 Å². The quantitative estimate of drug-likeness (QED) is 0.693. The summed E-state index contributed by atoms with van der Waals surface area (Å²) in [7, 11) is 3.56. The van der Waals surface area contributed by atoms with Crippen molar-refractivity contribution in [2.24, 2.45) is 5.41 Å². The highest BCUT2D eigenvalue weighted by Crippen LogP contribution is 2.32. The van der Waals surface area contributed by atoms with Crippen LogP contribution in [0.4, 0.5) is 23.0 Å². The van der Waals surface area contributed by atoms with Gasteiger partial charge in [0.05, 0.1) is 13.6 Å². The SMILES string of the molecule is CNC(=O)c1ccc(C)c(Nc2nc[nH+]c(N(C)CC(C)(C)C)c2NC(C)=O)c1. The summed E-state index contributed by atoms with van der Waals surface area (Å²) in [6.07, 6.45) is 1.58. The van der Waals surface area contributed by atoms with Gasteiger partial charge < -0.3 is 16.0 Å². The molecular formula is C21H31N6O2+. The van der Waals surface area contributed by atoms with E-state index in [1.54, 1.807) is 25.5 Å². The minimum Gasteiger partial charge on any atom is -0.355 e. The summed E-state index contributed by atoms with van der Waals surface area (Å²) >= 11 is 0. The zero-order valence-electron chi connectivity index (χ0n) is 18.2. The van der Waals surface area contributed by atoms with E-state index in [1.165, 1.54) is 6.92 Å². The number of aromatic nitrogens is 2. The van der Waals surface area contributed by atoms with Crippen molar-refractivity contribution in [2.45, 2.75) is 34.6 Å². The number of hydrogen-bond acceptors (Lipinski definition) is 5. The third kappa shape index (κ3) is 5.91. The first-order chi connectivity index (χ1) is 13.5. The second-order valence-electron chi connectivity index (χ2n) is 8.31. The van der Waals surface area contributed by atoms with Crippen molar-refractivity contribution < 1.29 is 14.6 Å². The van der Waals surface area contributed by atoms with Crippen molar-refractivity contribution in [3.05, 3.63) is 35.7 Å². The van der Waals surface area contributed by atoms with Gasteiger partial charge in [-0.15, -0.1) is 0 Å². The molecule has 8 heteroatoms. The van der Waals surface area contributed by atoms with Crippen LogP contribution in [0.2, 0.25) is 0 Å². The maximum Gasteiger partial charge on any atom is 0.251 e. The Hall–Kier alpha value is -3.16. The summed E-state index contributed by atoms with van der Waals surface area (Å²) in [5.41, 5.74) is 2.84. The van der Waals surface area contributed by atoms with Crippen LogP contribution in [-0.4, -0.2) is 37.4 Å². The molecule has 0 saturated carbocycles. The van der Waals surface area contributed by atoms with Crippen LogP contribution >= 0.6 is 0 Å². The first-order valence-electron chi connectivity index (χ1n) is 9.51. The van der Waals surface area contributed by atoms with Gasteiger partial charge in [-0.2, -0.15) is 0 Å².